The molecule has 2 aromatic rings. The highest BCUT2D eigenvalue weighted by molar-refractivity contribution is 5.77. The molecule has 1 heterocycles. The Morgan fingerprint density at radius 2 is 2.06 bits per heavy atom. The molecule has 0 atom stereocenters. The first-order valence-electron chi connectivity index (χ1n) is 5.87. The third kappa shape index (κ3) is 3.38. The SMILES string of the molecule is CC(=O)NCCC=Cc1ccc2nccnc2c1. The molecule has 4 heteroatoms. The van der Waals surface area contributed by atoms with Crippen molar-refractivity contribution in [3.05, 3.63) is 42.2 Å². The molecule has 0 aliphatic carbocycles. The van der Waals surface area contributed by atoms with E-state index < -0.39 is 0 Å². The first-order chi connectivity index (χ1) is 8.75. The van der Waals surface area contributed by atoms with Crippen LogP contribution >= 0.6 is 0 Å². The molecule has 1 N–H and O–H groups in total. The Kier molecular flexibility index (Phi) is 4.02. The number of hydrogen-bond acceptors (Lipinski definition) is 3. The predicted molar refractivity (Wildman–Crippen MR) is 71.9 cm³/mol. The summed E-state index contributed by atoms with van der Waals surface area (Å²) in [4.78, 5) is 19.1. The van der Waals surface area contributed by atoms with Gasteiger partial charge in [-0.3, -0.25) is 14.8 Å². The number of hydrogen-bond donors (Lipinski definition) is 1. The number of rotatable bonds is 4. The molecular formula is C14H15N3O. The number of amides is 1. The maximum atomic E-state index is 10.7. The summed E-state index contributed by atoms with van der Waals surface area (Å²) in [6.07, 6.45) is 8.25. The van der Waals surface area contributed by atoms with E-state index in [0.717, 1.165) is 23.0 Å². The lowest BCUT2D eigenvalue weighted by molar-refractivity contribution is -0.118. The van der Waals surface area contributed by atoms with Gasteiger partial charge in [0.2, 0.25) is 5.91 Å². The van der Waals surface area contributed by atoms with Gasteiger partial charge in [0.25, 0.3) is 0 Å². The highest BCUT2D eigenvalue weighted by Gasteiger charge is 1.95. The Hall–Kier alpha value is -2.23. The molecule has 4 nitrogen and oxygen atoms in total. The lowest BCUT2D eigenvalue weighted by Gasteiger charge is -1.98. The fourth-order valence-electron chi connectivity index (χ4n) is 1.63. The fraction of sp³-hybridized carbons (Fsp3) is 0.214. The zero-order chi connectivity index (χ0) is 12.8. The van der Waals surface area contributed by atoms with Gasteiger partial charge < -0.3 is 5.32 Å². The van der Waals surface area contributed by atoms with Gasteiger partial charge in [-0.25, -0.2) is 0 Å². The summed E-state index contributed by atoms with van der Waals surface area (Å²) in [6.45, 7) is 2.19. The van der Waals surface area contributed by atoms with Crippen LogP contribution in [0.5, 0.6) is 0 Å². The smallest absolute Gasteiger partial charge is 0.216 e. The van der Waals surface area contributed by atoms with Crippen molar-refractivity contribution in [2.24, 2.45) is 0 Å². The summed E-state index contributed by atoms with van der Waals surface area (Å²) in [7, 11) is 0. The number of fused-ring (bicyclic) bond motifs is 1. The van der Waals surface area contributed by atoms with Crippen molar-refractivity contribution in [1.29, 1.82) is 0 Å². The third-order valence-electron chi connectivity index (χ3n) is 2.49. The summed E-state index contributed by atoms with van der Waals surface area (Å²) in [5.74, 6) is 0.00406. The molecule has 0 radical (unpaired) electrons. The Morgan fingerprint density at radius 1 is 1.28 bits per heavy atom. The molecule has 0 spiro atoms. The number of benzene rings is 1. The molecule has 0 fully saturated rings. The van der Waals surface area contributed by atoms with Crippen molar-refractivity contribution in [2.75, 3.05) is 6.54 Å². The van der Waals surface area contributed by atoms with Crippen molar-refractivity contribution in [3.63, 3.8) is 0 Å². The van der Waals surface area contributed by atoms with Gasteiger partial charge in [0.05, 0.1) is 11.0 Å². The number of carbonyl (C=O) groups excluding carboxylic acids is 1. The average molecular weight is 241 g/mol. The van der Waals surface area contributed by atoms with Gasteiger partial charge in [0.15, 0.2) is 0 Å². The normalized spacial score (nSPS) is 10.9. The molecule has 2 rings (SSSR count). The molecule has 92 valence electrons. The molecule has 0 bridgehead atoms. The number of nitrogens with zero attached hydrogens (tertiary/aromatic N) is 2. The average Bonchev–Trinajstić information content (AvgIpc) is 2.38. The summed E-state index contributed by atoms with van der Waals surface area (Å²) in [6, 6.07) is 5.96. The van der Waals surface area contributed by atoms with Crippen molar-refractivity contribution < 1.29 is 4.79 Å². The first-order valence-corrected chi connectivity index (χ1v) is 5.87. The second kappa shape index (κ2) is 5.91. The van der Waals surface area contributed by atoms with Crippen molar-refractivity contribution in [2.45, 2.75) is 13.3 Å². The minimum atomic E-state index is 0.00406. The summed E-state index contributed by atoms with van der Waals surface area (Å²) >= 11 is 0. The van der Waals surface area contributed by atoms with Crippen LogP contribution in [-0.4, -0.2) is 22.4 Å². The maximum Gasteiger partial charge on any atom is 0.216 e. The molecule has 18 heavy (non-hydrogen) atoms. The second-order valence-corrected chi connectivity index (χ2v) is 3.98. The molecule has 0 saturated heterocycles. The van der Waals surface area contributed by atoms with Crippen LogP contribution in [-0.2, 0) is 4.79 Å². The highest BCUT2D eigenvalue weighted by atomic mass is 16.1. The first kappa shape index (κ1) is 12.2. The van der Waals surface area contributed by atoms with E-state index in [1.54, 1.807) is 12.4 Å². The predicted octanol–water partition coefficient (Wildman–Crippen LogP) is 2.17. The summed E-state index contributed by atoms with van der Waals surface area (Å²) in [5, 5.41) is 2.75. The van der Waals surface area contributed by atoms with Gasteiger partial charge in [-0.1, -0.05) is 18.2 Å². The van der Waals surface area contributed by atoms with Gasteiger partial charge >= 0.3 is 0 Å². The lowest BCUT2D eigenvalue weighted by Crippen LogP contribution is -2.20. The molecule has 0 aliphatic heterocycles. The van der Waals surface area contributed by atoms with E-state index in [4.69, 9.17) is 0 Å². The van der Waals surface area contributed by atoms with Gasteiger partial charge in [0, 0.05) is 25.9 Å². The monoisotopic (exact) mass is 241 g/mol. The number of aromatic nitrogens is 2. The zero-order valence-electron chi connectivity index (χ0n) is 10.3. The van der Waals surface area contributed by atoms with E-state index in [1.807, 2.05) is 30.4 Å². The van der Waals surface area contributed by atoms with Gasteiger partial charge in [-0.2, -0.15) is 0 Å². The van der Waals surface area contributed by atoms with E-state index in [1.165, 1.54) is 6.92 Å². The molecule has 0 aliphatic rings. The van der Waals surface area contributed by atoms with Crippen LogP contribution in [0.3, 0.4) is 0 Å². The second-order valence-electron chi connectivity index (χ2n) is 3.98. The van der Waals surface area contributed by atoms with Crippen molar-refractivity contribution in [1.82, 2.24) is 15.3 Å². The molecule has 0 saturated carbocycles. The van der Waals surface area contributed by atoms with Crippen LogP contribution in [0.15, 0.2) is 36.7 Å². The Morgan fingerprint density at radius 3 is 2.83 bits per heavy atom. The van der Waals surface area contributed by atoms with E-state index in [-0.39, 0.29) is 5.91 Å². The van der Waals surface area contributed by atoms with E-state index in [2.05, 4.69) is 15.3 Å². The summed E-state index contributed by atoms with van der Waals surface area (Å²) < 4.78 is 0. The molecule has 1 amide bonds. The van der Waals surface area contributed by atoms with Crippen LogP contribution in [0.1, 0.15) is 18.9 Å². The van der Waals surface area contributed by atoms with Gasteiger partial charge in [-0.05, 0) is 24.1 Å². The van der Waals surface area contributed by atoms with Gasteiger partial charge in [0.1, 0.15) is 0 Å². The summed E-state index contributed by atoms with van der Waals surface area (Å²) in [5.41, 5.74) is 2.88. The molecule has 1 aromatic heterocycles. The lowest BCUT2D eigenvalue weighted by atomic mass is 10.1. The van der Waals surface area contributed by atoms with Crippen LogP contribution < -0.4 is 5.32 Å². The fourth-order valence-corrected chi connectivity index (χ4v) is 1.63. The van der Waals surface area contributed by atoms with Crippen LogP contribution in [0.4, 0.5) is 0 Å². The maximum absolute atomic E-state index is 10.7. The standard InChI is InChI=1S/C14H15N3O/c1-11(18)15-7-3-2-4-12-5-6-13-14(10-12)17-9-8-16-13/h2,4-6,8-10H,3,7H2,1H3,(H,15,18). The topological polar surface area (TPSA) is 54.9 Å². The van der Waals surface area contributed by atoms with Crippen LogP contribution in [0.2, 0.25) is 0 Å². The Balaban J connectivity index is 1.99. The van der Waals surface area contributed by atoms with E-state index in [9.17, 15) is 4.79 Å². The zero-order valence-corrected chi connectivity index (χ0v) is 10.3. The quantitative estimate of drug-likeness (QED) is 0.835. The van der Waals surface area contributed by atoms with Gasteiger partial charge in [-0.15, -0.1) is 0 Å². The van der Waals surface area contributed by atoms with Crippen LogP contribution in [0, 0.1) is 0 Å². The van der Waals surface area contributed by atoms with Crippen LogP contribution in [0.25, 0.3) is 17.1 Å². The van der Waals surface area contributed by atoms with Crippen molar-refractivity contribution >= 4 is 23.0 Å². The molecular weight excluding hydrogens is 226 g/mol. The Bertz CT molecular complexity index is 578. The minimum Gasteiger partial charge on any atom is -0.356 e. The molecule has 1 aromatic carbocycles. The third-order valence-corrected chi connectivity index (χ3v) is 2.49. The number of carbonyl (C=O) groups is 1. The number of nitrogens with one attached hydrogen (secondary N) is 1. The molecule has 0 unspecified atom stereocenters. The largest absolute Gasteiger partial charge is 0.356 e. The van der Waals surface area contributed by atoms with E-state index >= 15 is 0 Å². The highest BCUT2D eigenvalue weighted by Crippen LogP contribution is 2.12. The Labute approximate surface area is 106 Å². The minimum absolute atomic E-state index is 0.00406. The van der Waals surface area contributed by atoms with Crippen molar-refractivity contribution in [3.8, 4) is 0 Å². The van der Waals surface area contributed by atoms with E-state index in [0.29, 0.717) is 6.54 Å².